The van der Waals surface area contributed by atoms with Gasteiger partial charge in [0.05, 0.1) is 18.7 Å². The fraction of sp³-hybridized carbons (Fsp3) is 0.647. The molecule has 1 amide bonds. The molecule has 0 radical (unpaired) electrons. The van der Waals surface area contributed by atoms with Crippen molar-refractivity contribution in [3.05, 3.63) is 24.3 Å². The van der Waals surface area contributed by atoms with Crippen LogP contribution in [0.5, 0.6) is 0 Å². The standard InChI is InChI=1S/C17H21N3O3/c1-23-15(22)16-5-11-4-12(6-16)8-17(7-11,10-16)20-14(21)13-9-18-2-3-19-13/h2-3,9,11-12H,4-8,10H2,1H3,(H,20,21)/t11-,12-,16?,17?/m0/s1. The van der Waals surface area contributed by atoms with Crippen LogP contribution in [-0.4, -0.2) is 34.5 Å². The van der Waals surface area contributed by atoms with Crippen molar-refractivity contribution in [1.82, 2.24) is 15.3 Å². The van der Waals surface area contributed by atoms with Gasteiger partial charge in [-0.25, -0.2) is 4.98 Å². The minimum absolute atomic E-state index is 0.107. The molecule has 6 nitrogen and oxygen atoms in total. The van der Waals surface area contributed by atoms with Crippen LogP contribution in [0.2, 0.25) is 0 Å². The number of amides is 1. The van der Waals surface area contributed by atoms with Crippen molar-refractivity contribution in [2.75, 3.05) is 7.11 Å². The molecule has 4 aliphatic rings. The molecule has 1 aromatic heterocycles. The second kappa shape index (κ2) is 5.01. The first-order valence-electron chi connectivity index (χ1n) is 8.21. The second-order valence-electron chi connectivity index (χ2n) is 7.56. The molecule has 0 unspecified atom stereocenters. The summed E-state index contributed by atoms with van der Waals surface area (Å²) >= 11 is 0. The molecule has 4 aliphatic carbocycles. The molecule has 1 heterocycles. The minimum atomic E-state index is -0.408. The zero-order valence-corrected chi connectivity index (χ0v) is 13.2. The van der Waals surface area contributed by atoms with Gasteiger partial charge in [-0.05, 0) is 50.4 Å². The Morgan fingerprint density at radius 2 is 1.96 bits per heavy atom. The van der Waals surface area contributed by atoms with E-state index in [1.165, 1.54) is 25.9 Å². The van der Waals surface area contributed by atoms with Crippen LogP contribution >= 0.6 is 0 Å². The Morgan fingerprint density at radius 3 is 2.57 bits per heavy atom. The maximum atomic E-state index is 12.5. The Morgan fingerprint density at radius 1 is 1.22 bits per heavy atom. The lowest BCUT2D eigenvalue weighted by atomic mass is 9.47. The van der Waals surface area contributed by atoms with Crippen molar-refractivity contribution in [1.29, 1.82) is 0 Å². The average Bonchev–Trinajstić information content (AvgIpc) is 2.53. The molecular formula is C17H21N3O3. The molecule has 4 saturated carbocycles. The van der Waals surface area contributed by atoms with E-state index in [1.54, 1.807) is 6.20 Å². The molecule has 1 aromatic rings. The van der Waals surface area contributed by atoms with Gasteiger partial charge < -0.3 is 10.1 Å². The van der Waals surface area contributed by atoms with Crippen LogP contribution in [0.1, 0.15) is 49.0 Å². The van der Waals surface area contributed by atoms with Crippen LogP contribution in [-0.2, 0) is 9.53 Å². The van der Waals surface area contributed by atoms with Crippen LogP contribution in [0.15, 0.2) is 18.6 Å². The number of ether oxygens (including phenoxy) is 1. The van der Waals surface area contributed by atoms with E-state index in [0.717, 1.165) is 25.7 Å². The van der Waals surface area contributed by atoms with Crippen molar-refractivity contribution in [2.24, 2.45) is 17.3 Å². The van der Waals surface area contributed by atoms with Crippen molar-refractivity contribution < 1.29 is 14.3 Å². The fourth-order valence-electron chi connectivity index (χ4n) is 5.59. The molecule has 0 aromatic carbocycles. The van der Waals surface area contributed by atoms with Crippen molar-refractivity contribution in [3.8, 4) is 0 Å². The monoisotopic (exact) mass is 315 g/mol. The first kappa shape index (κ1) is 14.6. The molecule has 0 aliphatic heterocycles. The number of nitrogens with one attached hydrogen (secondary N) is 1. The lowest BCUT2D eigenvalue weighted by Gasteiger charge is -2.60. The Bertz CT molecular complexity index is 632. The number of methoxy groups -OCH3 is 1. The molecule has 0 saturated heterocycles. The summed E-state index contributed by atoms with van der Waals surface area (Å²) in [5, 5.41) is 3.20. The van der Waals surface area contributed by atoms with E-state index in [9.17, 15) is 9.59 Å². The molecule has 5 rings (SSSR count). The first-order valence-corrected chi connectivity index (χ1v) is 8.21. The number of carbonyl (C=O) groups is 2. The lowest BCUT2D eigenvalue weighted by molar-refractivity contribution is -0.171. The van der Waals surface area contributed by atoms with Crippen LogP contribution < -0.4 is 5.32 Å². The van der Waals surface area contributed by atoms with Crippen LogP contribution in [0.25, 0.3) is 0 Å². The Kier molecular flexibility index (Phi) is 3.18. The maximum absolute atomic E-state index is 12.5. The molecule has 6 heteroatoms. The SMILES string of the molecule is COC(=O)C12C[C@@H]3C[C@H](CC(NC(=O)c4cnccn4)(C3)C1)C2. The third kappa shape index (κ3) is 2.31. The number of carbonyl (C=O) groups excluding carboxylic acids is 2. The van der Waals surface area contributed by atoms with Gasteiger partial charge in [-0.1, -0.05) is 0 Å². The van der Waals surface area contributed by atoms with E-state index in [1.807, 2.05) is 0 Å². The molecule has 4 bridgehead atoms. The van der Waals surface area contributed by atoms with Gasteiger partial charge in [0.1, 0.15) is 5.69 Å². The summed E-state index contributed by atoms with van der Waals surface area (Å²) in [6, 6.07) is 0. The maximum Gasteiger partial charge on any atom is 0.311 e. The van der Waals surface area contributed by atoms with Gasteiger partial charge in [0, 0.05) is 17.9 Å². The number of rotatable bonds is 3. The predicted molar refractivity (Wildman–Crippen MR) is 81.4 cm³/mol. The minimum Gasteiger partial charge on any atom is -0.469 e. The summed E-state index contributed by atoms with van der Waals surface area (Å²) in [4.78, 5) is 33.0. The van der Waals surface area contributed by atoms with Crippen LogP contribution in [0, 0.1) is 17.3 Å². The van der Waals surface area contributed by atoms with E-state index in [4.69, 9.17) is 4.74 Å². The van der Waals surface area contributed by atoms with Gasteiger partial charge in [0.2, 0.25) is 0 Å². The Labute approximate surface area is 135 Å². The van der Waals surface area contributed by atoms with Gasteiger partial charge in [-0.15, -0.1) is 0 Å². The zero-order chi connectivity index (χ0) is 16.1. The second-order valence-corrected chi connectivity index (χ2v) is 7.56. The lowest BCUT2D eigenvalue weighted by Crippen LogP contribution is -2.65. The van der Waals surface area contributed by atoms with Crippen molar-refractivity contribution in [2.45, 2.75) is 44.1 Å². The third-order valence-corrected chi connectivity index (χ3v) is 5.85. The summed E-state index contributed by atoms with van der Waals surface area (Å²) in [6.07, 6.45) is 10.1. The summed E-state index contributed by atoms with van der Waals surface area (Å²) < 4.78 is 5.10. The number of esters is 1. The van der Waals surface area contributed by atoms with Crippen LogP contribution in [0.3, 0.4) is 0 Å². The summed E-state index contributed by atoms with van der Waals surface area (Å²) in [5.41, 5.74) is -0.378. The topological polar surface area (TPSA) is 81.2 Å². The normalized spacial score (nSPS) is 37.4. The fourth-order valence-corrected chi connectivity index (χ4v) is 5.59. The van der Waals surface area contributed by atoms with Gasteiger partial charge in [-0.2, -0.15) is 0 Å². The van der Waals surface area contributed by atoms with Crippen molar-refractivity contribution >= 4 is 11.9 Å². The number of hydrogen-bond donors (Lipinski definition) is 1. The van der Waals surface area contributed by atoms with Gasteiger partial charge in [-0.3, -0.25) is 14.6 Å². The van der Waals surface area contributed by atoms with Gasteiger partial charge in [0.25, 0.3) is 5.91 Å². The Hall–Kier alpha value is -1.98. The summed E-state index contributed by atoms with van der Waals surface area (Å²) in [5.74, 6) is 0.694. The molecule has 23 heavy (non-hydrogen) atoms. The van der Waals surface area contributed by atoms with Gasteiger partial charge >= 0.3 is 5.97 Å². The van der Waals surface area contributed by atoms with Gasteiger partial charge in [0.15, 0.2) is 0 Å². The number of nitrogens with zero attached hydrogens (tertiary/aromatic N) is 2. The first-order chi connectivity index (χ1) is 11.0. The van der Waals surface area contributed by atoms with E-state index >= 15 is 0 Å². The van der Waals surface area contributed by atoms with Crippen molar-refractivity contribution in [3.63, 3.8) is 0 Å². The predicted octanol–water partition coefficient (Wildman–Crippen LogP) is 1.72. The highest BCUT2D eigenvalue weighted by Crippen LogP contribution is 2.62. The van der Waals surface area contributed by atoms with E-state index in [0.29, 0.717) is 24.0 Å². The largest absolute Gasteiger partial charge is 0.469 e. The molecule has 122 valence electrons. The number of aromatic nitrogens is 2. The van der Waals surface area contributed by atoms with E-state index in [2.05, 4.69) is 15.3 Å². The number of hydrogen-bond acceptors (Lipinski definition) is 5. The molecule has 2 atom stereocenters. The highest BCUT2D eigenvalue weighted by Gasteiger charge is 2.61. The molecule has 1 N–H and O–H groups in total. The average molecular weight is 315 g/mol. The highest BCUT2D eigenvalue weighted by atomic mass is 16.5. The third-order valence-electron chi connectivity index (χ3n) is 5.85. The molecule has 4 fully saturated rings. The van der Waals surface area contributed by atoms with E-state index < -0.39 is 5.41 Å². The van der Waals surface area contributed by atoms with E-state index in [-0.39, 0.29) is 17.4 Å². The smallest absolute Gasteiger partial charge is 0.311 e. The molecular weight excluding hydrogens is 294 g/mol. The Balaban J connectivity index is 1.61. The zero-order valence-electron chi connectivity index (χ0n) is 13.2. The molecule has 0 spiro atoms. The van der Waals surface area contributed by atoms with Crippen LogP contribution in [0.4, 0.5) is 0 Å². The quantitative estimate of drug-likeness (QED) is 0.859. The summed E-state index contributed by atoms with van der Waals surface area (Å²) in [7, 11) is 1.46. The summed E-state index contributed by atoms with van der Waals surface area (Å²) in [6.45, 7) is 0. The highest BCUT2D eigenvalue weighted by molar-refractivity contribution is 5.92.